The second-order valence-electron chi connectivity index (χ2n) is 4.02. The van der Waals surface area contributed by atoms with Crippen molar-refractivity contribution in [2.24, 2.45) is 0 Å². The summed E-state index contributed by atoms with van der Waals surface area (Å²) in [5.41, 5.74) is -1.19. The minimum Gasteiger partial charge on any atom is -0.479 e. The predicted molar refractivity (Wildman–Crippen MR) is 64.4 cm³/mol. The zero-order valence-electron chi connectivity index (χ0n) is 10.2. The van der Waals surface area contributed by atoms with Crippen LogP contribution in [-0.2, 0) is 15.1 Å². The molecule has 0 spiro atoms. The van der Waals surface area contributed by atoms with Gasteiger partial charge < -0.3 is 9.84 Å². The van der Waals surface area contributed by atoms with Gasteiger partial charge in [0, 0.05) is 12.3 Å². The van der Waals surface area contributed by atoms with Crippen LogP contribution in [0.2, 0.25) is 0 Å². The van der Waals surface area contributed by atoms with E-state index in [9.17, 15) is 9.59 Å². The van der Waals surface area contributed by atoms with E-state index in [4.69, 9.17) is 9.84 Å². The third kappa shape index (κ3) is 3.09. The summed E-state index contributed by atoms with van der Waals surface area (Å²) in [4.78, 5) is 22.2. The standard InChI is InChI=1S/C11H15N3O4/c1-4-7-18-10(17)12-8-5-6-14(13-8)11(2,3)9(15)16/h4-6H,1,7H2,2-3H3,(H,15,16)(H,12,13,17). The molecular formula is C11H15N3O4. The van der Waals surface area contributed by atoms with Gasteiger partial charge in [0.2, 0.25) is 0 Å². The summed E-state index contributed by atoms with van der Waals surface area (Å²) in [5.74, 6) is -0.801. The Morgan fingerprint density at radius 3 is 2.89 bits per heavy atom. The molecule has 1 amide bonds. The van der Waals surface area contributed by atoms with Crippen molar-refractivity contribution < 1.29 is 19.4 Å². The average molecular weight is 253 g/mol. The van der Waals surface area contributed by atoms with Crippen molar-refractivity contribution in [3.05, 3.63) is 24.9 Å². The molecule has 0 aromatic carbocycles. The highest BCUT2D eigenvalue weighted by molar-refractivity contribution is 5.83. The first kappa shape index (κ1) is 13.8. The normalized spacial score (nSPS) is 10.8. The summed E-state index contributed by atoms with van der Waals surface area (Å²) >= 11 is 0. The Morgan fingerprint density at radius 1 is 1.67 bits per heavy atom. The lowest BCUT2D eigenvalue weighted by molar-refractivity contribution is -0.146. The molecule has 18 heavy (non-hydrogen) atoms. The molecule has 2 N–H and O–H groups in total. The fourth-order valence-corrected chi connectivity index (χ4v) is 1.08. The van der Waals surface area contributed by atoms with E-state index in [1.54, 1.807) is 0 Å². The van der Waals surface area contributed by atoms with Crippen molar-refractivity contribution in [3.8, 4) is 0 Å². The Bertz CT molecular complexity index is 465. The van der Waals surface area contributed by atoms with E-state index in [-0.39, 0.29) is 12.4 Å². The minimum atomic E-state index is -1.19. The number of carbonyl (C=O) groups is 2. The summed E-state index contributed by atoms with van der Waals surface area (Å²) in [6.45, 7) is 6.50. The van der Waals surface area contributed by atoms with Gasteiger partial charge in [-0.05, 0) is 13.8 Å². The van der Waals surface area contributed by atoms with Crippen molar-refractivity contribution >= 4 is 17.9 Å². The Labute approximate surface area is 104 Å². The van der Waals surface area contributed by atoms with Gasteiger partial charge in [0.25, 0.3) is 0 Å². The van der Waals surface area contributed by atoms with Crippen molar-refractivity contribution in [3.63, 3.8) is 0 Å². The number of carbonyl (C=O) groups excluding carboxylic acids is 1. The summed E-state index contributed by atoms with van der Waals surface area (Å²) in [6.07, 6.45) is 2.23. The van der Waals surface area contributed by atoms with Crippen molar-refractivity contribution in [2.75, 3.05) is 11.9 Å². The van der Waals surface area contributed by atoms with Crippen LogP contribution in [0.4, 0.5) is 10.6 Å². The van der Waals surface area contributed by atoms with E-state index in [1.807, 2.05) is 0 Å². The SMILES string of the molecule is C=CCOC(=O)Nc1ccn(C(C)(C)C(=O)O)n1. The molecule has 0 atom stereocenters. The molecule has 0 bridgehead atoms. The van der Waals surface area contributed by atoms with Crippen molar-refractivity contribution in [1.82, 2.24) is 9.78 Å². The number of nitrogens with zero attached hydrogens (tertiary/aromatic N) is 2. The van der Waals surface area contributed by atoms with Gasteiger partial charge in [-0.2, -0.15) is 5.10 Å². The highest BCUT2D eigenvalue weighted by Crippen LogP contribution is 2.16. The van der Waals surface area contributed by atoms with Crippen LogP contribution >= 0.6 is 0 Å². The van der Waals surface area contributed by atoms with Crippen LogP contribution in [0.1, 0.15) is 13.8 Å². The first-order valence-corrected chi connectivity index (χ1v) is 5.22. The summed E-state index contributed by atoms with van der Waals surface area (Å²) in [7, 11) is 0. The fraction of sp³-hybridized carbons (Fsp3) is 0.364. The van der Waals surface area contributed by atoms with Crippen molar-refractivity contribution in [2.45, 2.75) is 19.4 Å². The molecule has 1 heterocycles. The third-order valence-electron chi connectivity index (χ3n) is 2.25. The van der Waals surface area contributed by atoms with E-state index >= 15 is 0 Å². The van der Waals surface area contributed by atoms with Crippen LogP contribution in [0.5, 0.6) is 0 Å². The Kier molecular flexibility index (Phi) is 4.09. The molecular weight excluding hydrogens is 238 g/mol. The van der Waals surface area contributed by atoms with Gasteiger partial charge in [0.05, 0.1) is 0 Å². The number of hydrogen-bond donors (Lipinski definition) is 2. The molecule has 1 rings (SSSR count). The van der Waals surface area contributed by atoms with E-state index < -0.39 is 17.6 Å². The smallest absolute Gasteiger partial charge is 0.413 e. The maximum absolute atomic E-state index is 11.2. The number of carboxylic acids is 1. The third-order valence-corrected chi connectivity index (χ3v) is 2.25. The zero-order chi connectivity index (χ0) is 13.8. The highest BCUT2D eigenvalue weighted by atomic mass is 16.5. The Morgan fingerprint density at radius 2 is 2.33 bits per heavy atom. The first-order valence-electron chi connectivity index (χ1n) is 5.22. The Balaban J connectivity index is 2.72. The van der Waals surface area contributed by atoms with E-state index in [1.165, 1.54) is 36.9 Å². The van der Waals surface area contributed by atoms with Gasteiger partial charge >= 0.3 is 12.1 Å². The fourth-order valence-electron chi connectivity index (χ4n) is 1.08. The number of rotatable bonds is 5. The number of ether oxygens (including phenoxy) is 1. The van der Waals surface area contributed by atoms with Crippen LogP contribution in [0.15, 0.2) is 24.9 Å². The molecule has 0 saturated carbocycles. The largest absolute Gasteiger partial charge is 0.479 e. The molecule has 1 aromatic heterocycles. The van der Waals surface area contributed by atoms with Crippen LogP contribution in [0.25, 0.3) is 0 Å². The average Bonchev–Trinajstić information content (AvgIpc) is 2.75. The summed E-state index contributed by atoms with van der Waals surface area (Å²) in [6, 6.07) is 1.49. The maximum atomic E-state index is 11.2. The minimum absolute atomic E-state index is 0.0904. The highest BCUT2D eigenvalue weighted by Gasteiger charge is 2.30. The van der Waals surface area contributed by atoms with E-state index in [0.717, 1.165) is 0 Å². The van der Waals surface area contributed by atoms with Crippen LogP contribution in [0, 0.1) is 0 Å². The van der Waals surface area contributed by atoms with Gasteiger partial charge in [-0.3, -0.25) is 10.00 Å². The monoisotopic (exact) mass is 253 g/mol. The van der Waals surface area contributed by atoms with Gasteiger partial charge in [0.1, 0.15) is 6.61 Å². The molecule has 0 aliphatic carbocycles. The second-order valence-corrected chi connectivity index (χ2v) is 4.02. The van der Waals surface area contributed by atoms with Gasteiger partial charge in [-0.15, -0.1) is 0 Å². The van der Waals surface area contributed by atoms with E-state index in [0.29, 0.717) is 0 Å². The second kappa shape index (κ2) is 5.35. The lowest BCUT2D eigenvalue weighted by Gasteiger charge is -2.19. The lowest BCUT2D eigenvalue weighted by atomic mass is 10.1. The number of carboxylic acid groups (broad SMARTS) is 1. The number of aromatic nitrogens is 2. The molecule has 0 aliphatic heterocycles. The molecule has 0 fully saturated rings. The van der Waals surface area contributed by atoms with Crippen LogP contribution in [0.3, 0.4) is 0 Å². The van der Waals surface area contributed by atoms with Gasteiger partial charge in [-0.1, -0.05) is 12.7 Å². The number of anilines is 1. The number of nitrogens with one attached hydrogen (secondary N) is 1. The quantitative estimate of drug-likeness (QED) is 0.774. The molecule has 1 aromatic rings. The predicted octanol–water partition coefficient (Wildman–Crippen LogP) is 1.44. The summed E-state index contributed by atoms with van der Waals surface area (Å²) in [5, 5.41) is 15.3. The molecule has 0 radical (unpaired) electrons. The molecule has 0 aliphatic rings. The number of hydrogen-bond acceptors (Lipinski definition) is 4. The Hall–Kier alpha value is -2.31. The molecule has 98 valence electrons. The zero-order valence-corrected chi connectivity index (χ0v) is 10.2. The topological polar surface area (TPSA) is 93.5 Å². The summed E-state index contributed by atoms with van der Waals surface area (Å²) < 4.78 is 5.95. The number of aliphatic carboxylic acids is 1. The molecule has 7 nitrogen and oxygen atoms in total. The maximum Gasteiger partial charge on any atom is 0.413 e. The first-order chi connectivity index (χ1) is 8.37. The van der Waals surface area contributed by atoms with Crippen LogP contribution < -0.4 is 5.32 Å². The van der Waals surface area contributed by atoms with Gasteiger partial charge in [0.15, 0.2) is 11.4 Å². The van der Waals surface area contributed by atoms with Crippen molar-refractivity contribution in [1.29, 1.82) is 0 Å². The molecule has 0 unspecified atom stereocenters. The molecule has 7 heteroatoms. The van der Waals surface area contributed by atoms with Gasteiger partial charge in [-0.25, -0.2) is 9.59 Å². The lowest BCUT2D eigenvalue weighted by Crippen LogP contribution is -2.36. The van der Waals surface area contributed by atoms with Crippen LogP contribution in [-0.4, -0.2) is 33.6 Å². The number of amides is 1. The molecule has 0 saturated heterocycles. The van der Waals surface area contributed by atoms with E-state index in [2.05, 4.69) is 17.0 Å².